The number of hydrogen-bond acceptors (Lipinski definition) is 4. The molecule has 100 valence electrons. The second-order valence-electron chi connectivity index (χ2n) is 4.41. The van der Waals surface area contributed by atoms with E-state index in [1.165, 1.54) is 0 Å². The summed E-state index contributed by atoms with van der Waals surface area (Å²) in [6, 6.07) is 9.28. The lowest BCUT2D eigenvalue weighted by molar-refractivity contribution is 0.390. The first kappa shape index (κ1) is 13.8. The molecule has 1 atom stereocenters. The average Bonchev–Trinajstić information content (AvgIpc) is 2.42. The molecule has 0 amide bonds. The van der Waals surface area contributed by atoms with E-state index in [0.29, 0.717) is 12.3 Å². The van der Waals surface area contributed by atoms with Crippen LogP contribution in [0.1, 0.15) is 22.9 Å². The van der Waals surface area contributed by atoms with E-state index in [2.05, 4.69) is 10.2 Å². The highest BCUT2D eigenvalue weighted by Crippen LogP contribution is 2.22. The molecule has 0 fully saturated rings. The number of ether oxygens (including phenoxy) is 1. The molecular weight excluding hydrogens is 262 g/mol. The van der Waals surface area contributed by atoms with Gasteiger partial charge in [-0.25, -0.2) is 0 Å². The van der Waals surface area contributed by atoms with E-state index in [0.717, 1.165) is 21.8 Å². The quantitative estimate of drug-likeness (QED) is 0.933. The van der Waals surface area contributed by atoms with Crippen LogP contribution in [-0.4, -0.2) is 17.3 Å². The predicted octanol–water partition coefficient (Wildman–Crippen LogP) is 2.69. The first-order valence-corrected chi connectivity index (χ1v) is 6.36. The van der Waals surface area contributed by atoms with Crippen LogP contribution in [0.4, 0.5) is 0 Å². The summed E-state index contributed by atoms with van der Waals surface area (Å²) in [5, 5.41) is 8.69. The fourth-order valence-corrected chi connectivity index (χ4v) is 2.11. The molecule has 2 N–H and O–H groups in total. The van der Waals surface area contributed by atoms with Gasteiger partial charge in [0.15, 0.2) is 0 Å². The third-order valence-electron chi connectivity index (χ3n) is 2.90. The van der Waals surface area contributed by atoms with Crippen molar-refractivity contribution >= 4 is 11.6 Å². The van der Waals surface area contributed by atoms with Gasteiger partial charge in [0.1, 0.15) is 0 Å². The van der Waals surface area contributed by atoms with E-state index in [9.17, 15) is 0 Å². The van der Waals surface area contributed by atoms with Crippen LogP contribution in [0, 0.1) is 6.92 Å². The van der Waals surface area contributed by atoms with Crippen LogP contribution < -0.4 is 10.5 Å². The molecule has 0 spiro atoms. The molecule has 1 aromatic heterocycles. The Bertz CT molecular complexity index is 557. The van der Waals surface area contributed by atoms with Gasteiger partial charge in [-0.15, -0.1) is 5.10 Å². The molecule has 0 aliphatic carbocycles. The maximum Gasteiger partial charge on any atom is 0.233 e. The molecule has 0 aliphatic rings. The smallest absolute Gasteiger partial charge is 0.233 e. The van der Waals surface area contributed by atoms with E-state index < -0.39 is 0 Å². The van der Waals surface area contributed by atoms with Crippen molar-refractivity contribution in [3.05, 3.63) is 52.2 Å². The van der Waals surface area contributed by atoms with Crippen LogP contribution in [0.3, 0.4) is 0 Å². The fraction of sp³-hybridized carbons (Fsp3) is 0.286. The summed E-state index contributed by atoms with van der Waals surface area (Å²) in [6.07, 6.45) is 0.625. The molecule has 4 nitrogen and oxygen atoms in total. The molecule has 0 bridgehead atoms. The Balaban J connectivity index is 2.13. The molecule has 2 aromatic rings. The highest BCUT2D eigenvalue weighted by Gasteiger charge is 2.11. The molecule has 0 saturated carbocycles. The monoisotopic (exact) mass is 277 g/mol. The third-order valence-corrected chi connectivity index (χ3v) is 3.25. The molecule has 1 heterocycles. The number of rotatable bonds is 4. The first-order valence-electron chi connectivity index (χ1n) is 5.98. The number of halogens is 1. The molecule has 0 saturated heterocycles. The maximum atomic E-state index is 6.20. The number of aromatic nitrogens is 2. The minimum atomic E-state index is -0.237. The standard InChI is InChI=1S/C14H16ClN3O/c1-9-3-4-10(11(15)7-9)8-12(16)13-5-6-14(19-2)18-17-13/h3-7,12H,8,16H2,1-2H3. The van der Waals surface area contributed by atoms with E-state index >= 15 is 0 Å². The van der Waals surface area contributed by atoms with Gasteiger partial charge in [-0.05, 0) is 36.6 Å². The van der Waals surface area contributed by atoms with Gasteiger partial charge in [0.25, 0.3) is 0 Å². The average molecular weight is 278 g/mol. The molecule has 2 rings (SSSR count). The van der Waals surface area contributed by atoms with Gasteiger partial charge in [-0.2, -0.15) is 5.10 Å². The summed E-state index contributed by atoms with van der Waals surface area (Å²) in [7, 11) is 1.55. The zero-order valence-corrected chi connectivity index (χ0v) is 11.7. The van der Waals surface area contributed by atoms with Gasteiger partial charge >= 0.3 is 0 Å². The van der Waals surface area contributed by atoms with Gasteiger partial charge in [-0.3, -0.25) is 0 Å². The van der Waals surface area contributed by atoms with E-state index in [-0.39, 0.29) is 6.04 Å². The normalized spacial score (nSPS) is 12.2. The number of hydrogen-bond donors (Lipinski definition) is 1. The van der Waals surface area contributed by atoms with E-state index in [4.69, 9.17) is 22.1 Å². The topological polar surface area (TPSA) is 61.0 Å². The summed E-state index contributed by atoms with van der Waals surface area (Å²) in [5.74, 6) is 0.476. The Hall–Kier alpha value is -1.65. The van der Waals surface area contributed by atoms with Crippen LogP contribution in [0.15, 0.2) is 30.3 Å². The Morgan fingerprint density at radius 1 is 1.26 bits per heavy atom. The summed E-state index contributed by atoms with van der Waals surface area (Å²) in [6.45, 7) is 2.00. The highest BCUT2D eigenvalue weighted by atomic mass is 35.5. The van der Waals surface area contributed by atoms with Crippen molar-refractivity contribution < 1.29 is 4.74 Å². The maximum absolute atomic E-state index is 6.20. The lowest BCUT2D eigenvalue weighted by atomic mass is 10.0. The molecule has 0 radical (unpaired) electrons. The number of nitrogens with two attached hydrogens (primary N) is 1. The lowest BCUT2D eigenvalue weighted by Gasteiger charge is -2.12. The Morgan fingerprint density at radius 3 is 2.63 bits per heavy atom. The summed E-state index contributed by atoms with van der Waals surface area (Å²) in [4.78, 5) is 0. The SMILES string of the molecule is COc1ccc(C(N)Cc2ccc(C)cc2Cl)nn1. The highest BCUT2D eigenvalue weighted by molar-refractivity contribution is 6.31. The minimum Gasteiger partial charge on any atom is -0.480 e. The van der Waals surface area contributed by atoms with Crippen LogP contribution in [0.25, 0.3) is 0 Å². The van der Waals surface area contributed by atoms with Gasteiger partial charge in [-0.1, -0.05) is 23.7 Å². The summed E-state index contributed by atoms with van der Waals surface area (Å²) >= 11 is 6.20. The molecule has 1 aromatic carbocycles. The Kier molecular flexibility index (Phi) is 4.35. The molecule has 0 aliphatic heterocycles. The lowest BCUT2D eigenvalue weighted by Crippen LogP contribution is -2.15. The van der Waals surface area contributed by atoms with Gasteiger partial charge in [0.05, 0.1) is 18.8 Å². The Labute approximate surface area is 117 Å². The molecule has 1 unspecified atom stereocenters. The van der Waals surface area contributed by atoms with Crippen molar-refractivity contribution in [2.75, 3.05) is 7.11 Å². The number of aryl methyl sites for hydroxylation is 1. The van der Waals surface area contributed by atoms with Crippen molar-refractivity contribution in [2.24, 2.45) is 5.73 Å². The fourth-order valence-electron chi connectivity index (χ4n) is 1.80. The van der Waals surface area contributed by atoms with E-state index in [1.807, 2.05) is 31.2 Å². The van der Waals surface area contributed by atoms with Crippen molar-refractivity contribution in [3.63, 3.8) is 0 Å². The second kappa shape index (κ2) is 5.99. The van der Waals surface area contributed by atoms with Crippen LogP contribution in [-0.2, 0) is 6.42 Å². The van der Waals surface area contributed by atoms with Crippen molar-refractivity contribution in [1.29, 1.82) is 0 Å². The second-order valence-corrected chi connectivity index (χ2v) is 4.81. The van der Waals surface area contributed by atoms with Crippen molar-refractivity contribution in [3.8, 4) is 5.88 Å². The molecular formula is C14H16ClN3O. The van der Waals surface area contributed by atoms with Crippen LogP contribution in [0.5, 0.6) is 5.88 Å². The van der Waals surface area contributed by atoms with Crippen LogP contribution >= 0.6 is 11.6 Å². The predicted molar refractivity (Wildman–Crippen MR) is 75.4 cm³/mol. The van der Waals surface area contributed by atoms with Crippen molar-refractivity contribution in [1.82, 2.24) is 10.2 Å². The summed E-state index contributed by atoms with van der Waals surface area (Å²) < 4.78 is 4.96. The van der Waals surface area contributed by atoms with Crippen LogP contribution in [0.2, 0.25) is 5.02 Å². The van der Waals surface area contributed by atoms with Crippen molar-refractivity contribution in [2.45, 2.75) is 19.4 Å². The largest absolute Gasteiger partial charge is 0.480 e. The van der Waals surface area contributed by atoms with Gasteiger partial charge in [0.2, 0.25) is 5.88 Å². The first-order chi connectivity index (χ1) is 9.10. The third kappa shape index (κ3) is 3.43. The van der Waals surface area contributed by atoms with Gasteiger partial charge < -0.3 is 10.5 Å². The zero-order chi connectivity index (χ0) is 13.8. The number of benzene rings is 1. The Morgan fingerprint density at radius 2 is 2.05 bits per heavy atom. The zero-order valence-electron chi connectivity index (χ0n) is 10.9. The minimum absolute atomic E-state index is 0.237. The van der Waals surface area contributed by atoms with E-state index in [1.54, 1.807) is 13.2 Å². The van der Waals surface area contributed by atoms with Gasteiger partial charge in [0, 0.05) is 11.1 Å². The summed E-state index contributed by atoms with van der Waals surface area (Å²) in [5.41, 5.74) is 8.99. The molecule has 19 heavy (non-hydrogen) atoms. The number of nitrogens with zero attached hydrogens (tertiary/aromatic N) is 2. The molecule has 5 heteroatoms. The number of methoxy groups -OCH3 is 1.